The first kappa shape index (κ1) is 13.4. The lowest BCUT2D eigenvalue weighted by molar-refractivity contribution is -0.117. The molecule has 1 atom stereocenters. The van der Waals surface area contributed by atoms with E-state index in [0.717, 1.165) is 56.8 Å². The lowest BCUT2D eigenvalue weighted by atomic mass is 10.1. The van der Waals surface area contributed by atoms with Crippen LogP contribution >= 0.6 is 0 Å². The molecular formula is C16H22N2O2. The zero-order valence-corrected chi connectivity index (χ0v) is 11.8. The van der Waals surface area contributed by atoms with E-state index in [4.69, 9.17) is 4.74 Å². The van der Waals surface area contributed by atoms with E-state index in [2.05, 4.69) is 17.4 Å². The minimum atomic E-state index is 0.242. The van der Waals surface area contributed by atoms with Crippen molar-refractivity contribution in [2.45, 2.75) is 38.1 Å². The molecular weight excluding hydrogens is 252 g/mol. The maximum Gasteiger partial charge on any atom is 0.227 e. The summed E-state index contributed by atoms with van der Waals surface area (Å²) in [5.41, 5.74) is 2.15. The maximum atomic E-state index is 11.7. The molecule has 0 radical (unpaired) electrons. The second-order valence-corrected chi connectivity index (χ2v) is 5.58. The monoisotopic (exact) mass is 274 g/mol. The molecule has 0 saturated carbocycles. The molecule has 0 spiro atoms. The minimum Gasteiger partial charge on any atom is -0.382 e. The molecule has 2 heterocycles. The molecule has 3 rings (SSSR count). The van der Waals surface area contributed by atoms with Crippen LogP contribution in [0.4, 0.5) is 11.4 Å². The average Bonchev–Trinajstić information content (AvgIpc) is 2.73. The largest absolute Gasteiger partial charge is 0.382 e. The fraction of sp³-hybridized carbons (Fsp3) is 0.562. The summed E-state index contributed by atoms with van der Waals surface area (Å²) in [6, 6.07) is 8.73. The van der Waals surface area contributed by atoms with Crippen LogP contribution in [0.25, 0.3) is 0 Å². The summed E-state index contributed by atoms with van der Waals surface area (Å²) in [6.45, 7) is 2.58. The second-order valence-electron chi connectivity index (χ2n) is 5.58. The predicted molar refractivity (Wildman–Crippen MR) is 80.1 cm³/mol. The van der Waals surface area contributed by atoms with Crippen molar-refractivity contribution in [3.63, 3.8) is 0 Å². The van der Waals surface area contributed by atoms with Crippen LogP contribution in [0, 0.1) is 0 Å². The molecule has 108 valence electrons. The Morgan fingerprint density at radius 3 is 2.70 bits per heavy atom. The van der Waals surface area contributed by atoms with Gasteiger partial charge in [0.15, 0.2) is 0 Å². The summed E-state index contributed by atoms with van der Waals surface area (Å²) in [7, 11) is 0. The van der Waals surface area contributed by atoms with Gasteiger partial charge in [-0.15, -0.1) is 0 Å². The van der Waals surface area contributed by atoms with Gasteiger partial charge in [-0.2, -0.15) is 0 Å². The summed E-state index contributed by atoms with van der Waals surface area (Å²) in [6.07, 6.45) is 5.00. The summed E-state index contributed by atoms with van der Waals surface area (Å²) in [4.78, 5) is 13.6. The maximum absolute atomic E-state index is 11.7. The number of nitrogens with zero attached hydrogens (tertiary/aromatic N) is 1. The first-order valence-corrected chi connectivity index (χ1v) is 7.58. The van der Waals surface area contributed by atoms with Crippen molar-refractivity contribution in [1.29, 1.82) is 0 Å². The highest BCUT2D eigenvalue weighted by Gasteiger charge is 2.21. The summed E-state index contributed by atoms with van der Waals surface area (Å²) < 4.78 is 5.48. The fourth-order valence-corrected chi connectivity index (χ4v) is 2.94. The number of hydrogen-bond donors (Lipinski definition) is 1. The number of amides is 1. The van der Waals surface area contributed by atoms with Gasteiger partial charge in [0.2, 0.25) is 5.91 Å². The molecule has 2 aliphatic rings. The van der Waals surface area contributed by atoms with Crippen LogP contribution in [-0.4, -0.2) is 31.7 Å². The van der Waals surface area contributed by atoms with Crippen molar-refractivity contribution in [1.82, 2.24) is 0 Å². The lowest BCUT2D eigenvalue weighted by Gasteiger charge is -2.19. The van der Waals surface area contributed by atoms with Gasteiger partial charge >= 0.3 is 0 Å². The van der Waals surface area contributed by atoms with Crippen LogP contribution in [-0.2, 0) is 9.53 Å². The van der Waals surface area contributed by atoms with E-state index >= 15 is 0 Å². The van der Waals surface area contributed by atoms with Crippen molar-refractivity contribution >= 4 is 17.3 Å². The zero-order chi connectivity index (χ0) is 13.8. The Hall–Kier alpha value is -1.55. The van der Waals surface area contributed by atoms with E-state index in [-0.39, 0.29) is 5.91 Å². The molecule has 4 heteroatoms. The zero-order valence-electron chi connectivity index (χ0n) is 11.8. The van der Waals surface area contributed by atoms with Crippen molar-refractivity contribution in [3.8, 4) is 0 Å². The highest BCUT2D eigenvalue weighted by molar-refractivity contribution is 5.95. The van der Waals surface area contributed by atoms with Crippen molar-refractivity contribution in [3.05, 3.63) is 24.3 Å². The number of rotatable bonds is 3. The number of anilines is 2. The third-order valence-electron chi connectivity index (χ3n) is 4.08. The Kier molecular flexibility index (Phi) is 4.21. The SMILES string of the molecule is O=C1CCCN1c1ccc(NC2CCCOCC2)cc1. The number of carbonyl (C=O) groups excluding carboxylic acids is 1. The molecule has 4 nitrogen and oxygen atoms in total. The van der Waals surface area contributed by atoms with Crippen LogP contribution in [0.3, 0.4) is 0 Å². The first-order chi connectivity index (χ1) is 9.83. The van der Waals surface area contributed by atoms with Gasteiger partial charge in [0.05, 0.1) is 0 Å². The average molecular weight is 274 g/mol. The standard InChI is InChI=1S/C16H22N2O2/c19-16-4-1-10-18(16)15-7-5-14(6-8-15)17-13-3-2-11-20-12-9-13/h5-8,13,17H,1-4,9-12H2. The fourth-order valence-electron chi connectivity index (χ4n) is 2.94. The van der Waals surface area contributed by atoms with Crippen LogP contribution in [0.15, 0.2) is 24.3 Å². The van der Waals surface area contributed by atoms with Gasteiger partial charge in [0.25, 0.3) is 0 Å². The van der Waals surface area contributed by atoms with Gasteiger partial charge in [-0.25, -0.2) is 0 Å². The van der Waals surface area contributed by atoms with Crippen molar-refractivity contribution < 1.29 is 9.53 Å². The lowest BCUT2D eigenvalue weighted by Crippen LogP contribution is -2.23. The molecule has 1 aromatic carbocycles. The van der Waals surface area contributed by atoms with Gasteiger partial charge < -0.3 is 15.0 Å². The topological polar surface area (TPSA) is 41.6 Å². The molecule has 2 fully saturated rings. The molecule has 2 aliphatic heterocycles. The molecule has 0 aliphatic carbocycles. The quantitative estimate of drug-likeness (QED) is 0.921. The third kappa shape index (κ3) is 3.12. The highest BCUT2D eigenvalue weighted by atomic mass is 16.5. The number of hydrogen-bond acceptors (Lipinski definition) is 3. The third-order valence-corrected chi connectivity index (χ3v) is 4.08. The summed E-state index contributed by atoms with van der Waals surface area (Å²) in [5.74, 6) is 0.242. The second kappa shape index (κ2) is 6.27. The molecule has 1 amide bonds. The Balaban J connectivity index is 1.62. The smallest absolute Gasteiger partial charge is 0.227 e. The van der Waals surface area contributed by atoms with Crippen LogP contribution in [0.5, 0.6) is 0 Å². The first-order valence-electron chi connectivity index (χ1n) is 7.58. The molecule has 1 aromatic rings. The van der Waals surface area contributed by atoms with E-state index in [0.29, 0.717) is 12.5 Å². The molecule has 1 N–H and O–H groups in total. The minimum absolute atomic E-state index is 0.242. The molecule has 0 aromatic heterocycles. The number of benzene rings is 1. The van der Waals surface area contributed by atoms with Crippen LogP contribution in [0.1, 0.15) is 32.1 Å². The van der Waals surface area contributed by atoms with Gasteiger partial charge in [-0.1, -0.05) is 0 Å². The van der Waals surface area contributed by atoms with E-state index in [1.807, 2.05) is 17.0 Å². The summed E-state index contributed by atoms with van der Waals surface area (Å²) >= 11 is 0. The van der Waals surface area contributed by atoms with E-state index in [1.54, 1.807) is 0 Å². The number of nitrogens with one attached hydrogen (secondary N) is 1. The van der Waals surface area contributed by atoms with Crippen molar-refractivity contribution in [2.75, 3.05) is 30.0 Å². The van der Waals surface area contributed by atoms with Gasteiger partial charge in [-0.05, 0) is 49.9 Å². The van der Waals surface area contributed by atoms with Gasteiger partial charge in [0.1, 0.15) is 0 Å². The van der Waals surface area contributed by atoms with Gasteiger partial charge in [0, 0.05) is 43.6 Å². The molecule has 2 saturated heterocycles. The summed E-state index contributed by atoms with van der Waals surface area (Å²) in [5, 5.41) is 3.57. The van der Waals surface area contributed by atoms with Crippen molar-refractivity contribution in [2.24, 2.45) is 0 Å². The number of carbonyl (C=O) groups is 1. The highest BCUT2D eigenvalue weighted by Crippen LogP contribution is 2.24. The predicted octanol–water partition coefficient (Wildman–Crippen LogP) is 2.79. The van der Waals surface area contributed by atoms with Gasteiger partial charge in [-0.3, -0.25) is 4.79 Å². The Morgan fingerprint density at radius 1 is 1.10 bits per heavy atom. The van der Waals surface area contributed by atoms with Crippen LogP contribution < -0.4 is 10.2 Å². The normalized spacial score (nSPS) is 23.7. The van der Waals surface area contributed by atoms with E-state index in [9.17, 15) is 4.79 Å². The van der Waals surface area contributed by atoms with E-state index in [1.165, 1.54) is 0 Å². The van der Waals surface area contributed by atoms with E-state index < -0.39 is 0 Å². The Morgan fingerprint density at radius 2 is 1.95 bits per heavy atom. The molecule has 0 bridgehead atoms. The van der Waals surface area contributed by atoms with Crippen LogP contribution in [0.2, 0.25) is 0 Å². The number of ether oxygens (including phenoxy) is 1. The Bertz CT molecular complexity index is 450. The Labute approximate surface area is 120 Å². The molecule has 1 unspecified atom stereocenters. The molecule has 20 heavy (non-hydrogen) atoms.